The van der Waals surface area contributed by atoms with Crippen LogP contribution in [0.3, 0.4) is 0 Å². The predicted octanol–water partition coefficient (Wildman–Crippen LogP) is 2.33. The van der Waals surface area contributed by atoms with Gasteiger partial charge in [0.15, 0.2) is 0 Å². The number of nitrogens with one attached hydrogen (secondary N) is 4. The lowest BCUT2D eigenvalue weighted by Gasteiger charge is -2.27. The van der Waals surface area contributed by atoms with E-state index < -0.39 is 41.4 Å². The maximum atomic E-state index is 13.1. The Balaban J connectivity index is 1.03. The van der Waals surface area contributed by atoms with Gasteiger partial charge in [-0.2, -0.15) is 0 Å². The van der Waals surface area contributed by atoms with Crippen molar-refractivity contribution in [1.29, 1.82) is 0 Å². The number of hydrogen-bond acceptors (Lipinski definition) is 11. The lowest BCUT2D eigenvalue weighted by Crippen LogP contribution is -2.54. The molecule has 4 N–H and O–H groups in total. The van der Waals surface area contributed by atoms with Gasteiger partial charge >= 0.3 is 6.09 Å². The van der Waals surface area contributed by atoms with Crippen LogP contribution in [0.15, 0.2) is 42.5 Å². The maximum Gasteiger partial charge on any atom is 0.412 e. The lowest BCUT2D eigenvalue weighted by atomic mass is 10.0. The molecule has 0 aliphatic carbocycles. The van der Waals surface area contributed by atoms with Crippen LogP contribution in [-0.4, -0.2) is 105 Å². The molecule has 1 saturated heterocycles. The quantitative estimate of drug-likeness (QED) is 0.152. The van der Waals surface area contributed by atoms with Crippen LogP contribution in [0.1, 0.15) is 64.7 Å². The summed E-state index contributed by atoms with van der Waals surface area (Å²) >= 11 is 0. The molecule has 2 heterocycles. The molecule has 1 atom stereocenters. The number of fused-ring (bicyclic) bond motifs is 1. The van der Waals surface area contributed by atoms with Crippen molar-refractivity contribution in [3.05, 3.63) is 59.2 Å². The van der Waals surface area contributed by atoms with Crippen molar-refractivity contribution >= 4 is 47.0 Å². The van der Waals surface area contributed by atoms with Gasteiger partial charge in [0.05, 0.1) is 50.8 Å². The van der Waals surface area contributed by atoms with E-state index in [9.17, 15) is 28.8 Å². The van der Waals surface area contributed by atoms with E-state index >= 15 is 0 Å². The number of amides is 6. The Bertz CT molecular complexity index is 1510. The number of ether oxygens (including phenoxy) is 4. The molecule has 0 radical (unpaired) electrons. The van der Waals surface area contributed by atoms with Gasteiger partial charge in [0.2, 0.25) is 11.8 Å². The minimum atomic E-state index is -1.02. The standard InChI is InChI=1S/C33H41N5O10/c1-33(2,3)48-32(44)36-22-9-7-21(8-10-22)28(40)35-14-16-46-18-20-47-19-17-45-15-13-34-24-6-4-5-23-27(24)31(43)38(30(23)42)25-11-12-26(39)37-29(25)41/h4-10,25,34H,11-20H2,1-3H3,(H,35,40)(H,36,44)(H,37,39,41). The highest BCUT2D eigenvalue weighted by Gasteiger charge is 2.45. The zero-order valence-corrected chi connectivity index (χ0v) is 27.2. The number of nitrogens with zero attached hydrogens (tertiary/aromatic N) is 1. The van der Waals surface area contributed by atoms with E-state index in [1.165, 1.54) is 6.07 Å². The number of rotatable bonds is 16. The number of anilines is 2. The van der Waals surface area contributed by atoms with Gasteiger partial charge in [0.1, 0.15) is 11.6 Å². The predicted molar refractivity (Wildman–Crippen MR) is 173 cm³/mol. The molecule has 0 aromatic heterocycles. The Labute approximate surface area is 278 Å². The van der Waals surface area contributed by atoms with Crippen LogP contribution >= 0.6 is 0 Å². The number of carbonyl (C=O) groups excluding carboxylic acids is 6. The molecule has 0 spiro atoms. The Kier molecular flexibility index (Phi) is 12.6. The number of imide groups is 2. The minimum absolute atomic E-state index is 0.0552. The van der Waals surface area contributed by atoms with Crippen molar-refractivity contribution in [3.8, 4) is 0 Å². The average molecular weight is 668 g/mol. The van der Waals surface area contributed by atoms with Crippen molar-refractivity contribution in [2.24, 2.45) is 0 Å². The molecule has 1 unspecified atom stereocenters. The zero-order valence-electron chi connectivity index (χ0n) is 27.2. The van der Waals surface area contributed by atoms with E-state index in [2.05, 4.69) is 21.3 Å². The van der Waals surface area contributed by atoms with E-state index in [1.807, 2.05) is 0 Å². The van der Waals surface area contributed by atoms with E-state index in [0.29, 0.717) is 69.7 Å². The van der Waals surface area contributed by atoms with Crippen molar-refractivity contribution < 1.29 is 47.7 Å². The maximum absolute atomic E-state index is 13.1. The van der Waals surface area contributed by atoms with E-state index in [-0.39, 0.29) is 29.9 Å². The first-order chi connectivity index (χ1) is 22.9. The molecule has 6 amide bonds. The fourth-order valence-electron chi connectivity index (χ4n) is 4.93. The molecule has 48 heavy (non-hydrogen) atoms. The van der Waals surface area contributed by atoms with Crippen LogP contribution in [0.2, 0.25) is 0 Å². The van der Waals surface area contributed by atoms with Crippen LogP contribution < -0.4 is 21.3 Å². The van der Waals surface area contributed by atoms with E-state index in [0.717, 1.165) is 4.90 Å². The SMILES string of the molecule is CC(C)(C)OC(=O)Nc1ccc(C(=O)NCCOCCOCCOCCNc2cccc3c2C(=O)N(C2CCC(=O)NC2=O)C3=O)cc1. The molecule has 4 rings (SSSR count). The number of hydrogen-bond donors (Lipinski definition) is 4. The first-order valence-electron chi connectivity index (χ1n) is 15.6. The van der Waals surface area contributed by atoms with Gasteiger partial charge in [0, 0.05) is 36.4 Å². The van der Waals surface area contributed by atoms with Crippen LogP contribution in [0, 0.1) is 0 Å². The normalized spacial score (nSPS) is 16.0. The van der Waals surface area contributed by atoms with Gasteiger partial charge in [-0.15, -0.1) is 0 Å². The Hall–Kier alpha value is -4.86. The van der Waals surface area contributed by atoms with E-state index in [4.69, 9.17) is 18.9 Å². The van der Waals surface area contributed by atoms with Crippen molar-refractivity contribution in [2.45, 2.75) is 45.3 Å². The summed E-state index contributed by atoms with van der Waals surface area (Å²) in [7, 11) is 0. The third-order valence-electron chi connectivity index (χ3n) is 7.10. The summed E-state index contributed by atoms with van der Waals surface area (Å²) in [6.07, 6.45) is -0.426. The summed E-state index contributed by atoms with van der Waals surface area (Å²) < 4.78 is 21.8. The molecule has 258 valence electrons. The summed E-state index contributed by atoms with van der Waals surface area (Å²) in [5, 5.41) is 10.7. The monoisotopic (exact) mass is 667 g/mol. The molecule has 0 saturated carbocycles. The van der Waals surface area contributed by atoms with Crippen LogP contribution in [0.4, 0.5) is 16.2 Å². The second-order valence-corrected chi connectivity index (χ2v) is 11.9. The molecule has 2 aromatic carbocycles. The van der Waals surface area contributed by atoms with Gasteiger partial charge in [0.25, 0.3) is 17.7 Å². The summed E-state index contributed by atoms with van der Waals surface area (Å²) in [6.45, 7) is 7.96. The van der Waals surface area contributed by atoms with Crippen LogP contribution in [0.5, 0.6) is 0 Å². The molecule has 15 nitrogen and oxygen atoms in total. The molecule has 2 aromatic rings. The second kappa shape index (κ2) is 16.8. The highest BCUT2D eigenvalue weighted by molar-refractivity contribution is 6.25. The summed E-state index contributed by atoms with van der Waals surface area (Å²) in [4.78, 5) is 75.0. The van der Waals surface area contributed by atoms with Crippen LogP contribution in [-0.2, 0) is 28.5 Å². The third kappa shape index (κ3) is 10.1. The Morgan fingerprint density at radius 2 is 1.50 bits per heavy atom. The molecule has 2 aliphatic heterocycles. The number of benzene rings is 2. The molecule has 0 bridgehead atoms. The fourth-order valence-corrected chi connectivity index (χ4v) is 4.93. The molecule has 15 heteroatoms. The van der Waals surface area contributed by atoms with Gasteiger partial charge < -0.3 is 29.6 Å². The zero-order chi connectivity index (χ0) is 34.7. The lowest BCUT2D eigenvalue weighted by molar-refractivity contribution is -0.136. The molecule has 2 aliphatic rings. The fraction of sp³-hybridized carbons (Fsp3) is 0.455. The van der Waals surface area contributed by atoms with Gasteiger partial charge in [-0.3, -0.25) is 39.5 Å². The van der Waals surface area contributed by atoms with Crippen molar-refractivity contribution in [1.82, 2.24) is 15.5 Å². The van der Waals surface area contributed by atoms with E-state index in [1.54, 1.807) is 57.2 Å². The minimum Gasteiger partial charge on any atom is -0.444 e. The Morgan fingerprint density at radius 1 is 0.854 bits per heavy atom. The highest BCUT2D eigenvalue weighted by atomic mass is 16.6. The summed E-state index contributed by atoms with van der Waals surface area (Å²) in [5.41, 5.74) is 1.20. The van der Waals surface area contributed by atoms with Gasteiger partial charge in [-0.05, 0) is 63.6 Å². The second-order valence-electron chi connectivity index (χ2n) is 11.9. The Morgan fingerprint density at radius 3 is 2.15 bits per heavy atom. The van der Waals surface area contributed by atoms with Crippen molar-refractivity contribution in [2.75, 3.05) is 63.4 Å². The molecular formula is C33H41N5O10. The number of piperidine rings is 1. The van der Waals surface area contributed by atoms with Gasteiger partial charge in [-0.25, -0.2) is 4.79 Å². The van der Waals surface area contributed by atoms with Crippen LogP contribution in [0.25, 0.3) is 0 Å². The molecular weight excluding hydrogens is 626 g/mol. The summed E-state index contributed by atoms with van der Waals surface area (Å²) in [5.74, 6) is -2.49. The third-order valence-corrected chi connectivity index (χ3v) is 7.10. The smallest absolute Gasteiger partial charge is 0.412 e. The average Bonchev–Trinajstić information content (AvgIpc) is 3.28. The summed E-state index contributed by atoms with van der Waals surface area (Å²) in [6, 6.07) is 10.3. The number of carbonyl (C=O) groups is 6. The topological polar surface area (TPSA) is 191 Å². The highest BCUT2D eigenvalue weighted by Crippen LogP contribution is 2.32. The van der Waals surface area contributed by atoms with Crippen molar-refractivity contribution in [3.63, 3.8) is 0 Å². The first-order valence-corrected chi connectivity index (χ1v) is 15.6. The van der Waals surface area contributed by atoms with Gasteiger partial charge in [-0.1, -0.05) is 6.07 Å². The largest absolute Gasteiger partial charge is 0.444 e. The molecule has 1 fully saturated rings. The first kappa shape index (κ1) is 36.0.